The molecule has 3 rings (SSSR count). The molecule has 1 aliphatic heterocycles. The highest BCUT2D eigenvalue weighted by molar-refractivity contribution is 8.01. The van der Waals surface area contributed by atoms with Crippen LogP contribution in [0.2, 0.25) is 0 Å². The largest absolute Gasteiger partial charge is 0.493 e. The Bertz CT molecular complexity index is 851. The van der Waals surface area contributed by atoms with Gasteiger partial charge in [-0.05, 0) is 31.5 Å². The monoisotopic (exact) mass is 376 g/mol. The normalized spacial score (nSPS) is 19.3. The summed E-state index contributed by atoms with van der Waals surface area (Å²) in [5, 5.41) is 9.63. The smallest absolute Gasteiger partial charge is 0.255 e. The van der Waals surface area contributed by atoms with Crippen molar-refractivity contribution in [1.82, 2.24) is 10.2 Å². The van der Waals surface area contributed by atoms with E-state index in [0.29, 0.717) is 17.3 Å². The average Bonchev–Trinajstić information content (AvgIpc) is 2.91. The highest BCUT2D eigenvalue weighted by Gasteiger charge is 2.32. The van der Waals surface area contributed by atoms with E-state index in [0.717, 1.165) is 16.8 Å². The van der Waals surface area contributed by atoms with E-state index >= 15 is 0 Å². The number of H-pyrrole nitrogens is 1. The van der Waals surface area contributed by atoms with E-state index in [1.54, 1.807) is 6.07 Å². The molecule has 2 aromatic rings. The zero-order chi connectivity index (χ0) is 18.8. The first-order valence-electron chi connectivity index (χ1n) is 8.01. The van der Waals surface area contributed by atoms with Crippen molar-refractivity contribution in [3.63, 3.8) is 0 Å². The van der Waals surface area contributed by atoms with Crippen LogP contribution in [0.5, 0.6) is 11.5 Å². The number of carbonyl (C=O) groups is 2. The van der Waals surface area contributed by atoms with E-state index in [1.807, 2.05) is 26.0 Å². The van der Waals surface area contributed by atoms with Crippen LogP contribution in [-0.4, -0.2) is 41.0 Å². The molecule has 0 unspecified atom stereocenters. The molecule has 8 nitrogen and oxygen atoms in total. The number of aromatic amines is 1. The number of hydrogen-bond donors (Lipinski definition) is 3. The van der Waals surface area contributed by atoms with Gasteiger partial charge in [-0.2, -0.15) is 5.10 Å². The van der Waals surface area contributed by atoms with Crippen LogP contribution in [-0.2, 0) is 9.59 Å². The van der Waals surface area contributed by atoms with Gasteiger partial charge in [0.25, 0.3) is 5.91 Å². The fourth-order valence-electron chi connectivity index (χ4n) is 2.77. The Morgan fingerprint density at radius 2 is 2.15 bits per heavy atom. The minimum atomic E-state index is -0.562. The Kier molecular flexibility index (Phi) is 5.08. The van der Waals surface area contributed by atoms with Gasteiger partial charge in [0.1, 0.15) is 0 Å². The molecule has 1 aromatic carbocycles. The molecular weight excluding hydrogens is 356 g/mol. The Labute approximate surface area is 154 Å². The molecule has 138 valence electrons. The number of primary amides is 1. The number of nitrogens with zero attached hydrogens (tertiary/aromatic N) is 1. The van der Waals surface area contributed by atoms with Crippen LogP contribution in [0.15, 0.2) is 18.2 Å². The molecule has 9 heteroatoms. The van der Waals surface area contributed by atoms with Crippen molar-refractivity contribution in [3.8, 4) is 11.5 Å². The summed E-state index contributed by atoms with van der Waals surface area (Å²) in [6.45, 7) is 3.55. The van der Waals surface area contributed by atoms with Gasteiger partial charge in [-0.25, -0.2) is 0 Å². The van der Waals surface area contributed by atoms with Crippen LogP contribution in [0.3, 0.4) is 0 Å². The topological polar surface area (TPSA) is 119 Å². The van der Waals surface area contributed by atoms with Crippen LogP contribution in [0.25, 0.3) is 0 Å². The van der Waals surface area contributed by atoms with Crippen LogP contribution >= 0.6 is 11.8 Å². The molecule has 0 saturated heterocycles. The molecule has 2 amide bonds. The minimum Gasteiger partial charge on any atom is -0.493 e. The van der Waals surface area contributed by atoms with E-state index < -0.39 is 5.91 Å². The third-order valence-electron chi connectivity index (χ3n) is 4.07. The lowest BCUT2D eigenvalue weighted by molar-refractivity contribution is -0.120. The number of benzene rings is 1. The molecule has 1 aromatic heterocycles. The predicted octanol–water partition coefficient (Wildman–Crippen LogP) is 1.75. The number of ether oxygens (including phenoxy) is 2. The molecule has 4 N–H and O–H groups in total. The Hall–Kier alpha value is -2.68. The van der Waals surface area contributed by atoms with Crippen molar-refractivity contribution in [3.05, 3.63) is 35.0 Å². The van der Waals surface area contributed by atoms with E-state index in [4.69, 9.17) is 15.2 Å². The summed E-state index contributed by atoms with van der Waals surface area (Å²) in [5.41, 5.74) is 7.88. The van der Waals surface area contributed by atoms with Crippen LogP contribution in [0, 0.1) is 6.92 Å². The van der Waals surface area contributed by atoms with Gasteiger partial charge < -0.3 is 20.5 Å². The number of amides is 2. The molecular formula is C17H20N4O4S. The molecule has 1 aliphatic rings. The second kappa shape index (κ2) is 7.28. The van der Waals surface area contributed by atoms with Gasteiger partial charge in [0, 0.05) is 11.3 Å². The van der Waals surface area contributed by atoms with E-state index in [9.17, 15) is 9.59 Å². The molecule has 0 saturated carbocycles. The molecule has 2 atom stereocenters. The zero-order valence-corrected chi connectivity index (χ0v) is 15.5. The first kappa shape index (κ1) is 18.1. The molecule has 0 radical (unpaired) electrons. The van der Waals surface area contributed by atoms with Crippen molar-refractivity contribution in [2.45, 2.75) is 24.3 Å². The summed E-state index contributed by atoms with van der Waals surface area (Å²) >= 11 is 1.53. The second-order valence-electron chi connectivity index (χ2n) is 5.92. The maximum Gasteiger partial charge on any atom is 0.255 e. The Morgan fingerprint density at radius 3 is 2.85 bits per heavy atom. The van der Waals surface area contributed by atoms with Gasteiger partial charge >= 0.3 is 0 Å². The molecule has 0 aliphatic carbocycles. The average molecular weight is 376 g/mol. The summed E-state index contributed by atoms with van der Waals surface area (Å²) in [5.74, 6) is 0.817. The lowest BCUT2D eigenvalue weighted by Crippen LogP contribution is -2.21. The fraction of sp³-hybridized carbons (Fsp3) is 0.353. The third kappa shape index (κ3) is 3.48. The molecule has 0 bridgehead atoms. The number of aromatic nitrogens is 2. The Morgan fingerprint density at radius 1 is 1.38 bits per heavy atom. The third-order valence-corrected chi connectivity index (χ3v) is 5.47. The van der Waals surface area contributed by atoms with Crippen LogP contribution in [0.1, 0.15) is 29.0 Å². The molecule has 2 heterocycles. The number of hydrogen-bond acceptors (Lipinski definition) is 6. The van der Waals surface area contributed by atoms with E-state index in [-0.39, 0.29) is 23.0 Å². The molecule has 0 spiro atoms. The first-order chi connectivity index (χ1) is 12.4. The van der Waals surface area contributed by atoms with Crippen LogP contribution < -0.4 is 20.5 Å². The summed E-state index contributed by atoms with van der Waals surface area (Å²) in [6.07, 6.45) is 0. The van der Waals surface area contributed by atoms with Crippen molar-refractivity contribution in [1.29, 1.82) is 0 Å². The standard InChI is InChI=1S/C17H20N4O4S/c1-8-14-15(26-9(2)17(23)19-16(14)21-20-8)10-4-5-11(12(6-10)24-3)25-7-13(18)22/h4-6,9,15H,7H2,1-3H3,(H2,18,22)(H2,19,20,21,23)/t9-,15-/m0/s1. The van der Waals surface area contributed by atoms with Crippen LogP contribution in [0.4, 0.5) is 5.82 Å². The van der Waals surface area contributed by atoms with Crippen molar-refractivity contribution >= 4 is 29.4 Å². The lowest BCUT2D eigenvalue weighted by atomic mass is 10.0. The lowest BCUT2D eigenvalue weighted by Gasteiger charge is -2.19. The number of rotatable bonds is 5. The van der Waals surface area contributed by atoms with Crippen molar-refractivity contribution < 1.29 is 19.1 Å². The predicted molar refractivity (Wildman–Crippen MR) is 98.5 cm³/mol. The fourth-order valence-corrected chi connectivity index (χ4v) is 4.09. The summed E-state index contributed by atoms with van der Waals surface area (Å²) in [4.78, 5) is 23.2. The number of nitrogens with two attached hydrogens (primary N) is 1. The van der Waals surface area contributed by atoms with Gasteiger partial charge in [0.15, 0.2) is 23.9 Å². The molecule has 26 heavy (non-hydrogen) atoms. The Balaban J connectivity index is 2.00. The van der Waals surface area contributed by atoms with Gasteiger partial charge in [-0.3, -0.25) is 14.7 Å². The molecule has 0 fully saturated rings. The maximum atomic E-state index is 12.2. The summed E-state index contributed by atoms with van der Waals surface area (Å²) in [6, 6.07) is 5.46. The van der Waals surface area contributed by atoms with Crippen molar-refractivity contribution in [2.24, 2.45) is 5.73 Å². The highest BCUT2D eigenvalue weighted by atomic mass is 32.2. The number of fused-ring (bicyclic) bond motifs is 1. The van der Waals surface area contributed by atoms with Gasteiger partial charge in [0.2, 0.25) is 5.91 Å². The minimum absolute atomic E-state index is 0.0846. The number of thioether (sulfide) groups is 1. The number of methoxy groups -OCH3 is 1. The number of anilines is 1. The number of nitrogens with one attached hydrogen (secondary N) is 2. The second-order valence-corrected chi connectivity index (χ2v) is 7.37. The maximum absolute atomic E-state index is 12.2. The first-order valence-corrected chi connectivity index (χ1v) is 8.95. The van der Waals surface area contributed by atoms with Gasteiger partial charge in [0.05, 0.1) is 17.6 Å². The van der Waals surface area contributed by atoms with Crippen molar-refractivity contribution in [2.75, 3.05) is 19.0 Å². The number of aryl methyl sites for hydroxylation is 1. The SMILES string of the molecule is COc1cc([C@@H]2S[C@@H](C)C(=O)Nc3n[nH]c(C)c32)ccc1OCC(N)=O. The van der Waals surface area contributed by atoms with Gasteiger partial charge in [-0.1, -0.05) is 6.07 Å². The summed E-state index contributed by atoms with van der Waals surface area (Å²) in [7, 11) is 1.53. The van der Waals surface area contributed by atoms with E-state index in [2.05, 4.69) is 15.5 Å². The highest BCUT2D eigenvalue weighted by Crippen LogP contribution is 2.46. The zero-order valence-electron chi connectivity index (χ0n) is 14.7. The van der Waals surface area contributed by atoms with E-state index in [1.165, 1.54) is 18.9 Å². The van der Waals surface area contributed by atoms with Gasteiger partial charge in [-0.15, -0.1) is 11.8 Å². The number of carbonyl (C=O) groups excluding carboxylic acids is 2. The quantitative estimate of drug-likeness (QED) is 0.731. The summed E-state index contributed by atoms with van der Waals surface area (Å²) < 4.78 is 10.8.